The number of aromatic hydroxyl groups is 1. The van der Waals surface area contributed by atoms with Crippen molar-refractivity contribution in [3.05, 3.63) is 51.7 Å². The van der Waals surface area contributed by atoms with Gasteiger partial charge in [-0.2, -0.15) is 0 Å². The van der Waals surface area contributed by atoms with Crippen LogP contribution in [0.5, 0.6) is 5.75 Å². The summed E-state index contributed by atoms with van der Waals surface area (Å²) < 4.78 is 0. The molecule has 2 rings (SSSR count). The quantitative estimate of drug-likeness (QED) is 0.858. The molecule has 2 N–H and O–H groups in total. The fourth-order valence-corrected chi connectivity index (χ4v) is 2.23. The second-order valence-electron chi connectivity index (χ2n) is 3.47. The van der Waals surface area contributed by atoms with E-state index in [1.54, 1.807) is 24.3 Å². The summed E-state index contributed by atoms with van der Waals surface area (Å²) in [4.78, 5) is 11.0. The lowest BCUT2D eigenvalue weighted by Gasteiger charge is -1.99. The molecule has 0 aliphatic rings. The van der Waals surface area contributed by atoms with E-state index in [0.717, 1.165) is 11.1 Å². The van der Waals surface area contributed by atoms with Crippen LogP contribution in [0.1, 0.15) is 20.8 Å². The van der Waals surface area contributed by atoms with Gasteiger partial charge in [-0.1, -0.05) is 12.1 Å². The van der Waals surface area contributed by atoms with Gasteiger partial charge in [0.2, 0.25) is 0 Å². The van der Waals surface area contributed by atoms with Crippen LogP contribution in [-0.4, -0.2) is 16.2 Å². The van der Waals surface area contributed by atoms with Crippen LogP contribution < -0.4 is 0 Å². The molecule has 82 valence electrons. The fraction of sp³-hybridized carbons (Fsp3) is 0.0833. The third-order valence-corrected chi connectivity index (χ3v) is 3.15. The highest BCUT2D eigenvalue weighted by molar-refractivity contribution is 7.12. The molecule has 0 aliphatic carbocycles. The van der Waals surface area contributed by atoms with Crippen molar-refractivity contribution in [2.75, 3.05) is 0 Å². The van der Waals surface area contributed by atoms with Crippen molar-refractivity contribution in [3.63, 3.8) is 0 Å². The van der Waals surface area contributed by atoms with Gasteiger partial charge in [0.15, 0.2) is 0 Å². The number of hydrogen-bond acceptors (Lipinski definition) is 3. The molecule has 0 bridgehead atoms. The van der Waals surface area contributed by atoms with Gasteiger partial charge in [0.05, 0.1) is 0 Å². The zero-order chi connectivity index (χ0) is 11.5. The molecule has 0 saturated carbocycles. The summed E-state index contributed by atoms with van der Waals surface area (Å²) in [6.07, 6.45) is 0.637. The van der Waals surface area contributed by atoms with Gasteiger partial charge in [0.1, 0.15) is 10.6 Å². The molecule has 3 nitrogen and oxygen atoms in total. The smallest absolute Gasteiger partial charge is 0.345 e. The van der Waals surface area contributed by atoms with E-state index in [9.17, 15) is 9.90 Å². The highest BCUT2D eigenvalue weighted by Crippen LogP contribution is 2.19. The maximum atomic E-state index is 10.7. The van der Waals surface area contributed by atoms with Crippen molar-refractivity contribution in [1.29, 1.82) is 0 Å². The van der Waals surface area contributed by atoms with E-state index in [2.05, 4.69) is 0 Å². The molecule has 1 aromatic carbocycles. The predicted octanol–water partition coefficient (Wildman–Crippen LogP) is 2.74. The Morgan fingerprint density at radius 3 is 2.69 bits per heavy atom. The van der Waals surface area contributed by atoms with Crippen molar-refractivity contribution >= 4 is 17.3 Å². The number of aromatic carboxylic acids is 1. The van der Waals surface area contributed by atoms with Gasteiger partial charge < -0.3 is 10.2 Å². The van der Waals surface area contributed by atoms with Crippen molar-refractivity contribution < 1.29 is 15.0 Å². The summed E-state index contributed by atoms with van der Waals surface area (Å²) in [6.45, 7) is 0. The molecule has 0 unspecified atom stereocenters. The average Bonchev–Trinajstić information content (AvgIpc) is 2.66. The second kappa shape index (κ2) is 4.37. The van der Waals surface area contributed by atoms with E-state index in [1.165, 1.54) is 11.3 Å². The van der Waals surface area contributed by atoms with E-state index in [1.807, 2.05) is 11.4 Å². The Bertz CT molecular complexity index is 516. The Hall–Kier alpha value is -1.81. The maximum Gasteiger partial charge on any atom is 0.345 e. The number of rotatable bonds is 3. The third kappa shape index (κ3) is 2.41. The summed E-state index contributed by atoms with van der Waals surface area (Å²) in [7, 11) is 0. The molecule has 0 fully saturated rings. The van der Waals surface area contributed by atoms with Crippen LogP contribution in [-0.2, 0) is 6.42 Å². The molecule has 0 radical (unpaired) electrons. The van der Waals surface area contributed by atoms with Crippen LogP contribution in [0.4, 0.5) is 0 Å². The van der Waals surface area contributed by atoms with Gasteiger partial charge in [-0.05, 0) is 41.1 Å². The molecular formula is C12H10O3S. The molecule has 2 aromatic rings. The summed E-state index contributed by atoms with van der Waals surface area (Å²) in [5, 5.41) is 19.9. The lowest BCUT2D eigenvalue weighted by atomic mass is 10.1. The first kappa shape index (κ1) is 10.7. The number of thiophene rings is 1. The topological polar surface area (TPSA) is 57.5 Å². The summed E-state index contributed by atoms with van der Waals surface area (Å²) in [5.41, 5.74) is 1.92. The largest absolute Gasteiger partial charge is 0.508 e. The molecule has 0 saturated heterocycles. The SMILES string of the molecule is O=C(O)c1cc(Cc2cccc(O)c2)cs1. The zero-order valence-corrected chi connectivity index (χ0v) is 9.20. The van der Waals surface area contributed by atoms with Crippen LogP contribution in [0.25, 0.3) is 0 Å². The number of phenols is 1. The van der Waals surface area contributed by atoms with Crippen molar-refractivity contribution in [3.8, 4) is 5.75 Å². The Morgan fingerprint density at radius 2 is 2.06 bits per heavy atom. The normalized spacial score (nSPS) is 10.2. The van der Waals surface area contributed by atoms with Crippen LogP contribution >= 0.6 is 11.3 Å². The van der Waals surface area contributed by atoms with Crippen LogP contribution in [0, 0.1) is 0 Å². The Kier molecular flexibility index (Phi) is 2.92. The molecule has 0 amide bonds. The number of benzene rings is 1. The molecule has 16 heavy (non-hydrogen) atoms. The lowest BCUT2D eigenvalue weighted by Crippen LogP contribution is -1.91. The molecule has 0 atom stereocenters. The molecule has 0 aliphatic heterocycles. The van der Waals surface area contributed by atoms with E-state index in [-0.39, 0.29) is 5.75 Å². The van der Waals surface area contributed by atoms with Crippen molar-refractivity contribution in [1.82, 2.24) is 0 Å². The standard InChI is InChI=1S/C12H10O3S/c13-10-3-1-2-8(5-10)4-9-6-11(12(14)15)16-7-9/h1-3,5-7,13H,4H2,(H,14,15). The monoisotopic (exact) mass is 234 g/mol. The number of hydrogen-bond donors (Lipinski definition) is 2. The first-order chi connectivity index (χ1) is 7.65. The first-order valence-corrected chi connectivity index (χ1v) is 5.62. The molecular weight excluding hydrogens is 224 g/mol. The Balaban J connectivity index is 2.17. The highest BCUT2D eigenvalue weighted by Gasteiger charge is 2.07. The van der Waals surface area contributed by atoms with Crippen LogP contribution in [0.2, 0.25) is 0 Å². The highest BCUT2D eigenvalue weighted by atomic mass is 32.1. The van der Waals surface area contributed by atoms with E-state index >= 15 is 0 Å². The molecule has 1 aromatic heterocycles. The Morgan fingerprint density at radius 1 is 1.25 bits per heavy atom. The summed E-state index contributed by atoms with van der Waals surface area (Å²) in [5.74, 6) is -0.668. The minimum Gasteiger partial charge on any atom is -0.508 e. The number of phenolic OH excluding ortho intramolecular Hbond substituents is 1. The fourth-order valence-electron chi connectivity index (χ4n) is 1.48. The predicted molar refractivity (Wildman–Crippen MR) is 62.2 cm³/mol. The second-order valence-corrected chi connectivity index (χ2v) is 4.38. The summed E-state index contributed by atoms with van der Waals surface area (Å²) >= 11 is 1.22. The third-order valence-electron chi connectivity index (χ3n) is 2.18. The van der Waals surface area contributed by atoms with Gasteiger partial charge in [0.25, 0.3) is 0 Å². The Labute approximate surface area is 96.6 Å². The summed E-state index contributed by atoms with van der Waals surface area (Å²) in [6, 6.07) is 8.63. The van der Waals surface area contributed by atoms with Crippen LogP contribution in [0.15, 0.2) is 35.7 Å². The lowest BCUT2D eigenvalue weighted by molar-refractivity contribution is 0.0702. The van der Waals surface area contributed by atoms with Crippen molar-refractivity contribution in [2.24, 2.45) is 0 Å². The van der Waals surface area contributed by atoms with Gasteiger partial charge in [-0.25, -0.2) is 4.79 Å². The first-order valence-electron chi connectivity index (χ1n) is 4.74. The number of carboxylic acids is 1. The van der Waals surface area contributed by atoms with Gasteiger partial charge in [-0.15, -0.1) is 11.3 Å². The van der Waals surface area contributed by atoms with Gasteiger partial charge in [0, 0.05) is 0 Å². The van der Waals surface area contributed by atoms with Crippen molar-refractivity contribution in [2.45, 2.75) is 6.42 Å². The van der Waals surface area contributed by atoms with E-state index < -0.39 is 5.97 Å². The number of carbonyl (C=O) groups is 1. The van der Waals surface area contributed by atoms with Gasteiger partial charge >= 0.3 is 5.97 Å². The maximum absolute atomic E-state index is 10.7. The minimum atomic E-state index is -0.896. The van der Waals surface area contributed by atoms with E-state index in [4.69, 9.17) is 5.11 Å². The minimum absolute atomic E-state index is 0.228. The zero-order valence-electron chi connectivity index (χ0n) is 8.38. The molecule has 1 heterocycles. The van der Waals surface area contributed by atoms with Crippen LogP contribution in [0.3, 0.4) is 0 Å². The average molecular weight is 234 g/mol. The van der Waals surface area contributed by atoms with Gasteiger partial charge in [-0.3, -0.25) is 0 Å². The molecule has 4 heteroatoms. The van der Waals surface area contributed by atoms with E-state index in [0.29, 0.717) is 11.3 Å². The molecule has 0 spiro atoms. The number of carboxylic acid groups (broad SMARTS) is 1.